The monoisotopic (exact) mass is 175 g/mol. The van der Waals surface area contributed by atoms with E-state index in [1.54, 1.807) is 0 Å². The summed E-state index contributed by atoms with van der Waals surface area (Å²) >= 11 is 7.06. The molecule has 0 N–H and O–H groups in total. The molecule has 0 aliphatic rings. The Morgan fingerprint density at radius 2 is 2.40 bits per heavy atom. The first-order chi connectivity index (χ1) is 4.84. The van der Waals surface area contributed by atoms with Crippen molar-refractivity contribution in [3.63, 3.8) is 0 Å². The summed E-state index contributed by atoms with van der Waals surface area (Å²) in [6, 6.07) is 0. The van der Waals surface area contributed by atoms with Gasteiger partial charge in [0.25, 0.3) is 0 Å². The molecule has 1 rings (SSSR count). The van der Waals surface area contributed by atoms with Gasteiger partial charge >= 0.3 is 0 Å². The number of halogens is 1. The fourth-order valence-corrected chi connectivity index (χ4v) is 1.49. The predicted octanol–water partition coefficient (Wildman–Crippen LogP) is 2.35. The summed E-state index contributed by atoms with van der Waals surface area (Å²) in [7, 11) is 0. The molecule has 0 aliphatic heterocycles. The molecule has 55 valence electrons. The van der Waals surface area contributed by atoms with Crippen LogP contribution in [0.4, 0.5) is 0 Å². The van der Waals surface area contributed by atoms with Crippen molar-refractivity contribution in [1.82, 2.24) is 9.59 Å². The molecule has 0 saturated heterocycles. The Morgan fingerprint density at radius 3 is 2.90 bits per heavy atom. The van der Waals surface area contributed by atoms with Gasteiger partial charge in [0, 0.05) is 0 Å². The Morgan fingerprint density at radius 1 is 1.60 bits per heavy atom. The number of hydrogen-bond acceptors (Lipinski definition) is 3. The van der Waals surface area contributed by atoms with Crippen molar-refractivity contribution in [2.75, 3.05) is 0 Å². The zero-order chi connectivity index (χ0) is 7.40. The van der Waals surface area contributed by atoms with Gasteiger partial charge in [0.15, 0.2) is 5.15 Å². The highest BCUT2D eigenvalue weighted by Gasteiger charge is 2.02. The standard InChI is InChI=1S/C6H8ClN2S/c1-2-3-4-5-6(7)8-9-10-5/h1-4H2. The lowest BCUT2D eigenvalue weighted by Gasteiger charge is -1.90. The maximum absolute atomic E-state index is 5.69. The zero-order valence-corrected chi connectivity index (χ0v) is 7.08. The number of unbranched alkanes of at least 4 members (excludes halogenated alkanes) is 1. The van der Waals surface area contributed by atoms with Crippen molar-refractivity contribution in [3.05, 3.63) is 17.0 Å². The molecule has 0 atom stereocenters. The Bertz CT molecular complexity index is 199. The van der Waals surface area contributed by atoms with E-state index in [9.17, 15) is 0 Å². The van der Waals surface area contributed by atoms with Gasteiger partial charge in [-0.1, -0.05) is 29.4 Å². The van der Waals surface area contributed by atoms with Crippen molar-refractivity contribution < 1.29 is 0 Å². The van der Waals surface area contributed by atoms with Crippen LogP contribution in [0.2, 0.25) is 5.15 Å². The van der Waals surface area contributed by atoms with Crippen LogP contribution in [-0.4, -0.2) is 9.59 Å². The molecule has 0 unspecified atom stereocenters. The second-order valence-electron chi connectivity index (χ2n) is 1.94. The lowest BCUT2D eigenvalue weighted by Crippen LogP contribution is -1.79. The van der Waals surface area contributed by atoms with Gasteiger partial charge in [-0.05, 0) is 24.4 Å². The topological polar surface area (TPSA) is 25.8 Å². The number of aryl methyl sites for hydroxylation is 1. The molecule has 4 heteroatoms. The first-order valence-electron chi connectivity index (χ1n) is 3.10. The summed E-state index contributed by atoms with van der Waals surface area (Å²) in [5.41, 5.74) is 0. The molecule has 0 saturated carbocycles. The molecule has 1 aromatic heterocycles. The summed E-state index contributed by atoms with van der Waals surface area (Å²) in [5.74, 6) is 0. The molecule has 0 amide bonds. The van der Waals surface area contributed by atoms with Crippen LogP contribution < -0.4 is 0 Å². The normalized spacial score (nSPS) is 10.2. The lowest BCUT2D eigenvalue weighted by molar-refractivity contribution is 0.850. The van der Waals surface area contributed by atoms with Gasteiger partial charge in [-0.15, -0.1) is 5.10 Å². The third kappa shape index (κ3) is 1.92. The first-order valence-corrected chi connectivity index (χ1v) is 4.25. The van der Waals surface area contributed by atoms with E-state index < -0.39 is 0 Å². The number of aromatic nitrogens is 2. The van der Waals surface area contributed by atoms with Gasteiger partial charge in [0.05, 0.1) is 4.88 Å². The van der Waals surface area contributed by atoms with E-state index >= 15 is 0 Å². The van der Waals surface area contributed by atoms with E-state index in [4.69, 9.17) is 11.6 Å². The van der Waals surface area contributed by atoms with Crippen LogP contribution in [-0.2, 0) is 6.42 Å². The second kappa shape index (κ2) is 3.88. The summed E-state index contributed by atoms with van der Waals surface area (Å²) in [6.45, 7) is 3.74. The van der Waals surface area contributed by atoms with Crippen LogP contribution in [0, 0.1) is 6.92 Å². The maximum atomic E-state index is 5.69. The Labute approximate surface area is 69.4 Å². The van der Waals surface area contributed by atoms with E-state index in [1.807, 2.05) is 0 Å². The van der Waals surface area contributed by atoms with E-state index in [0.29, 0.717) is 5.15 Å². The molecule has 1 heterocycles. The van der Waals surface area contributed by atoms with Gasteiger partial charge in [0.2, 0.25) is 0 Å². The van der Waals surface area contributed by atoms with Crippen LogP contribution in [0.3, 0.4) is 0 Å². The molecule has 0 bridgehead atoms. The van der Waals surface area contributed by atoms with E-state index in [1.165, 1.54) is 11.5 Å². The number of nitrogens with zero attached hydrogens (tertiary/aromatic N) is 2. The van der Waals surface area contributed by atoms with Crippen LogP contribution in [0.1, 0.15) is 17.7 Å². The zero-order valence-electron chi connectivity index (χ0n) is 5.51. The highest BCUT2D eigenvalue weighted by Crippen LogP contribution is 2.17. The average molecular weight is 176 g/mol. The van der Waals surface area contributed by atoms with Crippen LogP contribution in [0.25, 0.3) is 0 Å². The minimum absolute atomic E-state index is 0.554. The number of rotatable bonds is 3. The molecule has 1 radical (unpaired) electrons. The molecule has 0 spiro atoms. The maximum Gasteiger partial charge on any atom is 0.167 e. The van der Waals surface area contributed by atoms with Crippen molar-refractivity contribution in [3.8, 4) is 0 Å². The van der Waals surface area contributed by atoms with E-state index in [0.717, 1.165) is 24.1 Å². The average Bonchev–Trinajstić information content (AvgIpc) is 2.31. The van der Waals surface area contributed by atoms with Gasteiger partial charge in [0.1, 0.15) is 0 Å². The summed E-state index contributed by atoms with van der Waals surface area (Å²) in [4.78, 5) is 1.07. The van der Waals surface area contributed by atoms with Crippen LogP contribution in [0.15, 0.2) is 0 Å². The minimum Gasteiger partial charge on any atom is -0.126 e. The Hall–Kier alpha value is -0.150. The molecule has 0 aliphatic carbocycles. The fraction of sp³-hybridized carbons (Fsp3) is 0.500. The quantitative estimate of drug-likeness (QED) is 0.705. The third-order valence-corrected chi connectivity index (χ3v) is 2.36. The second-order valence-corrected chi connectivity index (χ2v) is 3.14. The van der Waals surface area contributed by atoms with E-state index in [-0.39, 0.29) is 0 Å². The smallest absolute Gasteiger partial charge is 0.126 e. The molecule has 2 nitrogen and oxygen atoms in total. The lowest BCUT2D eigenvalue weighted by atomic mass is 10.2. The first kappa shape index (κ1) is 7.95. The summed E-state index contributed by atoms with van der Waals surface area (Å²) < 4.78 is 3.71. The third-order valence-electron chi connectivity index (χ3n) is 1.16. The highest BCUT2D eigenvalue weighted by atomic mass is 35.5. The summed E-state index contributed by atoms with van der Waals surface area (Å²) in [5, 5.41) is 4.24. The molecule has 10 heavy (non-hydrogen) atoms. The number of hydrogen-bond donors (Lipinski definition) is 0. The largest absolute Gasteiger partial charge is 0.167 e. The van der Waals surface area contributed by atoms with Gasteiger partial charge in [-0.3, -0.25) is 0 Å². The van der Waals surface area contributed by atoms with Crippen molar-refractivity contribution in [2.45, 2.75) is 19.3 Å². The predicted molar refractivity (Wildman–Crippen MR) is 43.2 cm³/mol. The molecule has 0 aromatic carbocycles. The molecule has 1 aromatic rings. The van der Waals surface area contributed by atoms with Gasteiger partial charge in [-0.2, -0.15) is 0 Å². The van der Waals surface area contributed by atoms with Crippen molar-refractivity contribution >= 4 is 23.1 Å². The highest BCUT2D eigenvalue weighted by molar-refractivity contribution is 7.06. The summed E-state index contributed by atoms with van der Waals surface area (Å²) in [6.07, 6.45) is 2.96. The SMILES string of the molecule is [CH2]CCCc1snnc1Cl. The van der Waals surface area contributed by atoms with Crippen molar-refractivity contribution in [1.29, 1.82) is 0 Å². The van der Waals surface area contributed by atoms with Gasteiger partial charge in [-0.25, -0.2) is 0 Å². The van der Waals surface area contributed by atoms with Gasteiger partial charge < -0.3 is 0 Å². The van der Waals surface area contributed by atoms with Crippen LogP contribution in [0.5, 0.6) is 0 Å². The minimum atomic E-state index is 0.554. The van der Waals surface area contributed by atoms with E-state index in [2.05, 4.69) is 16.5 Å². The fourth-order valence-electron chi connectivity index (χ4n) is 0.633. The molecule has 0 fully saturated rings. The Balaban J connectivity index is 2.49. The molecular weight excluding hydrogens is 168 g/mol. The molecular formula is C6H8ClN2S. The Kier molecular flexibility index (Phi) is 3.09. The van der Waals surface area contributed by atoms with Crippen molar-refractivity contribution in [2.24, 2.45) is 0 Å². The van der Waals surface area contributed by atoms with Crippen LogP contribution >= 0.6 is 23.1 Å².